The second-order valence-electron chi connectivity index (χ2n) is 4.86. The molecular weight excluding hydrogens is 206 g/mol. The molecule has 2 aromatic carbocycles. The van der Waals surface area contributed by atoms with Crippen molar-refractivity contribution in [3.63, 3.8) is 0 Å². The molecule has 1 aliphatic heterocycles. The molecule has 0 aliphatic carbocycles. The lowest BCUT2D eigenvalue weighted by Crippen LogP contribution is -2.30. The van der Waals surface area contributed by atoms with E-state index < -0.39 is 0 Å². The first-order chi connectivity index (χ1) is 8.34. The van der Waals surface area contributed by atoms with Gasteiger partial charge in [-0.3, -0.25) is 0 Å². The van der Waals surface area contributed by atoms with Gasteiger partial charge in [0.1, 0.15) is 0 Å². The topological polar surface area (TPSA) is 3.24 Å². The summed E-state index contributed by atoms with van der Waals surface area (Å²) in [5.41, 5.74) is 4.39. The van der Waals surface area contributed by atoms with Crippen molar-refractivity contribution in [1.82, 2.24) is 4.90 Å². The summed E-state index contributed by atoms with van der Waals surface area (Å²) in [4.78, 5) is 2.40. The maximum Gasteiger partial charge on any atom is 0.0234 e. The van der Waals surface area contributed by atoms with Crippen LogP contribution in [0.25, 0.3) is 0 Å². The van der Waals surface area contributed by atoms with Crippen LogP contribution in [-0.4, -0.2) is 18.5 Å². The zero-order chi connectivity index (χ0) is 11.7. The fraction of sp³-hybridized carbons (Fsp3) is 0.250. The van der Waals surface area contributed by atoms with Crippen LogP contribution in [0.4, 0.5) is 0 Å². The van der Waals surface area contributed by atoms with Crippen LogP contribution in [0.1, 0.15) is 22.6 Å². The van der Waals surface area contributed by atoms with E-state index in [1.165, 1.54) is 16.7 Å². The normalized spacial score (nSPS) is 19.9. The van der Waals surface area contributed by atoms with Gasteiger partial charge in [0, 0.05) is 19.0 Å². The second-order valence-corrected chi connectivity index (χ2v) is 4.86. The molecule has 3 rings (SSSR count). The standard InChI is InChI=1S/C16H17N/c1-17-11-14-9-5-6-10-15(14)16(12-17)13-7-3-2-4-8-13/h2-10,16H,11-12H2,1H3/t16-/m0/s1. The Labute approximate surface area is 103 Å². The fourth-order valence-electron chi connectivity index (χ4n) is 2.75. The Balaban J connectivity index is 2.07. The van der Waals surface area contributed by atoms with E-state index in [1.807, 2.05) is 0 Å². The van der Waals surface area contributed by atoms with Crippen molar-refractivity contribution >= 4 is 0 Å². The van der Waals surface area contributed by atoms with Crippen LogP contribution in [0.15, 0.2) is 54.6 Å². The van der Waals surface area contributed by atoms with E-state index >= 15 is 0 Å². The number of hydrogen-bond acceptors (Lipinski definition) is 1. The molecule has 0 saturated carbocycles. The van der Waals surface area contributed by atoms with Gasteiger partial charge in [-0.25, -0.2) is 0 Å². The lowest BCUT2D eigenvalue weighted by Gasteiger charge is -2.32. The molecule has 17 heavy (non-hydrogen) atoms. The van der Waals surface area contributed by atoms with Gasteiger partial charge >= 0.3 is 0 Å². The van der Waals surface area contributed by atoms with Crippen LogP contribution >= 0.6 is 0 Å². The molecule has 0 amide bonds. The van der Waals surface area contributed by atoms with E-state index in [2.05, 4.69) is 66.5 Å². The van der Waals surface area contributed by atoms with Gasteiger partial charge in [0.05, 0.1) is 0 Å². The highest BCUT2D eigenvalue weighted by molar-refractivity contribution is 5.40. The van der Waals surface area contributed by atoms with Crippen molar-refractivity contribution in [3.05, 3.63) is 71.3 Å². The predicted octanol–water partition coefficient (Wildman–Crippen LogP) is 3.26. The highest BCUT2D eigenvalue weighted by Gasteiger charge is 2.23. The Morgan fingerprint density at radius 1 is 0.941 bits per heavy atom. The number of fused-ring (bicyclic) bond motifs is 1. The molecule has 0 saturated heterocycles. The van der Waals surface area contributed by atoms with Crippen LogP contribution in [0.3, 0.4) is 0 Å². The number of hydrogen-bond donors (Lipinski definition) is 0. The summed E-state index contributed by atoms with van der Waals surface area (Å²) in [5.74, 6) is 0.520. The summed E-state index contributed by atoms with van der Waals surface area (Å²) >= 11 is 0. The summed E-state index contributed by atoms with van der Waals surface area (Å²) in [6.07, 6.45) is 0. The van der Waals surface area contributed by atoms with Gasteiger partial charge in [-0.15, -0.1) is 0 Å². The number of benzene rings is 2. The molecule has 0 unspecified atom stereocenters. The zero-order valence-electron chi connectivity index (χ0n) is 10.1. The molecule has 0 aromatic heterocycles. The van der Waals surface area contributed by atoms with E-state index in [0.29, 0.717) is 5.92 Å². The molecule has 1 heteroatoms. The van der Waals surface area contributed by atoms with Gasteiger partial charge in [0.25, 0.3) is 0 Å². The largest absolute Gasteiger partial charge is 0.301 e. The number of nitrogens with zero attached hydrogens (tertiary/aromatic N) is 1. The third-order valence-corrected chi connectivity index (χ3v) is 3.57. The van der Waals surface area contributed by atoms with Crippen molar-refractivity contribution in [3.8, 4) is 0 Å². The van der Waals surface area contributed by atoms with Crippen LogP contribution < -0.4 is 0 Å². The summed E-state index contributed by atoms with van der Waals surface area (Å²) in [6.45, 7) is 2.18. The van der Waals surface area contributed by atoms with Crippen LogP contribution in [0, 0.1) is 0 Å². The number of likely N-dealkylation sites (N-methyl/N-ethyl adjacent to an activating group) is 1. The Kier molecular flexibility index (Phi) is 2.69. The van der Waals surface area contributed by atoms with Gasteiger partial charge in [0.15, 0.2) is 0 Å². The van der Waals surface area contributed by atoms with Crippen molar-refractivity contribution in [1.29, 1.82) is 0 Å². The molecule has 0 bridgehead atoms. The third kappa shape index (κ3) is 1.98. The first kappa shape index (κ1) is 10.5. The summed E-state index contributed by atoms with van der Waals surface area (Å²) in [6, 6.07) is 19.6. The quantitative estimate of drug-likeness (QED) is 0.717. The van der Waals surface area contributed by atoms with Crippen molar-refractivity contribution < 1.29 is 0 Å². The van der Waals surface area contributed by atoms with Gasteiger partial charge in [0.2, 0.25) is 0 Å². The maximum absolute atomic E-state index is 2.40. The SMILES string of the molecule is CN1Cc2ccccc2[C@H](c2ccccc2)C1. The molecule has 1 atom stereocenters. The van der Waals surface area contributed by atoms with Gasteiger partial charge in [-0.05, 0) is 23.7 Å². The lowest BCUT2D eigenvalue weighted by molar-refractivity contribution is 0.295. The van der Waals surface area contributed by atoms with E-state index in [0.717, 1.165) is 13.1 Å². The molecule has 1 aliphatic rings. The summed E-state index contributed by atoms with van der Waals surface area (Å²) in [7, 11) is 2.20. The molecule has 0 N–H and O–H groups in total. The third-order valence-electron chi connectivity index (χ3n) is 3.57. The molecule has 0 spiro atoms. The van der Waals surface area contributed by atoms with Crippen LogP contribution in [0.5, 0.6) is 0 Å². The van der Waals surface area contributed by atoms with E-state index in [-0.39, 0.29) is 0 Å². The Bertz CT molecular complexity index is 504. The Hall–Kier alpha value is -1.60. The molecule has 0 radical (unpaired) electrons. The van der Waals surface area contributed by atoms with Crippen LogP contribution in [-0.2, 0) is 6.54 Å². The first-order valence-corrected chi connectivity index (χ1v) is 6.16. The Morgan fingerprint density at radius 2 is 1.65 bits per heavy atom. The highest BCUT2D eigenvalue weighted by Crippen LogP contribution is 2.32. The number of rotatable bonds is 1. The average Bonchev–Trinajstić information content (AvgIpc) is 2.39. The van der Waals surface area contributed by atoms with Gasteiger partial charge in [-0.1, -0.05) is 54.6 Å². The van der Waals surface area contributed by atoms with Crippen molar-refractivity contribution in [2.45, 2.75) is 12.5 Å². The smallest absolute Gasteiger partial charge is 0.0234 e. The lowest BCUT2D eigenvalue weighted by atomic mass is 9.85. The van der Waals surface area contributed by atoms with E-state index in [9.17, 15) is 0 Å². The van der Waals surface area contributed by atoms with Crippen molar-refractivity contribution in [2.24, 2.45) is 0 Å². The second kappa shape index (κ2) is 4.34. The molecule has 1 heterocycles. The van der Waals surface area contributed by atoms with E-state index in [1.54, 1.807) is 0 Å². The highest BCUT2D eigenvalue weighted by atomic mass is 15.1. The van der Waals surface area contributed by atoms with E-state index in [4.69, 9.17) is 0 Å². The van der Waals surface area contributed by atoms with Gasteiger partial charge in [-0.2, -0.15) is 0 Å². The minimum Gasteiger partial charge on any atom is -0.301 e. The minimum absolute atomic E-state index is 0.520. The fourth-order valence-corrected chi connectivity index (χ4v) is 2.75. The molecule has 86 valence electrons. The summed E-state index contributed by atoms with van der Waals surface area (Å²) in [5, 5.41) is 0. The first-order valence-electron chi connectivity index (χ1n) is 6.16. The maximum atomic E-state index is 2.40. The predicted molar refractivity (Wildman–Crippen MR) is 71.1 cm³/mol. The average molecular weight is 223 g/mol. The minimum atomic E-state index is 0.520. The van der Waals surface area contributed by atoms with Gasteiger partial charge < -0.3 is 4.90 Å². The van der Waals surface area contributed by atoms with Crippen LogP contribution in [0.2, 0.25) is 0 Å². The zero-order valence-corrected chi connectivity index (χ0v) is 10.1. The molecule has 2 aromatic rings. The molecular formula is C16H17N. The summed E-state index contributed by atoms with van der Waals surface area (Å²) < 4.78 is 0. The molecule has 1 nitrogen and oxygen atoms in total. The monoisotopic (exact) mass is 223 g/mol. The van der Waals surface area contributed by atoms with Crippen molar-refractivity contribution in [2.75, 3.05) is 13.6 Å². The Morgan fingerprint density at radius 3 is 2.47 bits per heavy atom. The molecule has 0 fully saturated rings.